The minimum atomic E-state index is 0.130. The minimum Gasteiger partial charge on any atom is -0.497 e. The van der Waals surface area contributed by atoms with Gasteiger partial charge in [-0.15, -0.1) is 0 Å². The normalized spacial score (nSPS) is 10.2. The van der Waals surface area contributed by atoms with Gasteiger partial charge in [-0.3, -0.25) is 0 Å². The topological polar surface area (TPSA) is 18.5 Å². The van der Waals surface area contributed by atoms with Crippen molar-refractivity contribution < 1.29 is 9.47 Å². The molecule has 1 aromatic rings. The Morgan fingerprint density at radius 1 is 1.31 bits per heavy atom. The van der Waals surface area contributed by atoms with E-state index in [1.165, 1.54) is 0 Å². The lowest BCUT2D eigenvalue weighted by Gasteiger charge is -2.11. The Bertz CT molecular complexity index is 284. The third-order valence-electron chi connectivity index (χ3n) is 1.50. The molecular formula is C10H13ClO2. The van der Waals surface area contributed by atoms with Crippen molar-refractivity contribution in [1.29, 1.82) is 0 Å². The van der Waals surface area contributed by atoms with Crippen molar-refractivity contribution in [1.82, 2.24) is 0 Å². The van der Waals surface area contributed by atoms with Crippen LogP contribution >= 0.6 is 11.6 Å². The largest absolute Gasteiger partial charge is 0.497 e. The lowest BCUT2D eigenvalue weighted by atomic mass is 10.3. The summed E-state index contributed by atoms with van der Waals surface area (Å²) >= 11 is 5.95. The van der Waals surface area contributed by atoms with E-state index < -0.39 is 0 Å². The molecule has 1 rings (SSSR count). The average Bonchev–Trinajstić information content (AvgIpc) is 2.08. The molecule has 0 bridgehead atoms. The fourth-order valence-corrected chi connectivity index (χ4v) is 1.17. The summed E-state index contributed by atoms with van der Waals surface area (Å²) in [5, 5.41) is 0.577. The maximum absolute atomic E-state index is 5.95. The molecule has 2 nitrogen and oxygen atoms in total. The van der Waals surface area contributed by atoms with E-state index in [0.29, 0.717) is 10.8 Å². The van der Waals surface area contributed by atoms with Gasteiger partial charge < -0.3 is 9.47 Å². The highest BCUT2D eigenvalue weighted by Gasteiger charge is 2.04. The summed E-state index contributed by atoms with van der Waals surface area (Å²) in [6.45, 7) is 3.92. The Balaban J connectivity index is 2.85. The van der Waals surface area contributed by atoms with Gasteiger partial charge in [-0.2, -0.15) is 0 Å². The first-order valence-electron chi connectivity index (χ1n) is 4.13. The Labute approximate surface area is 83.4 Å². The van der Waals surface area contributed by atoms with Crippen molar-refractivity contribution in [2.75, 3.05) is 7.11 Å². The molecule has 0 saturated carbocycles. The minimum absolute atomic E-state index is 0.130. The molecule has 0 saturated heterocycles. The zero-order valence-corrected chi connectivity index (χ0v) is 8.76. The number of rotatable bonds is 3. The quantitative estimate of drug-likeness (QED) is 0.747. The van der Waals surface area contributed by atoms with Crippen LogP contribution in [-0.4, -0.2) is 13.2 Å². The van der Waals surface area contributed by atoms with Crippen molar-refractivity contribution >= 4 is 11.6 Å². The number of hydrogen-bond donors (Lipinski definition) is 0. The standard InChI is InChI=1S/C10H13ClO2/c1-7(2)13-10-5-4-8(12-3)6-9(10)11/h4-7H,1-3H3. The molecule has 13 heavy (non-hydrogen) atoms. The lowest BCUT2D eigenvalue weighted by Crippen LogP contribution is -2.05. The van der Waals surface area contributed by atoms with Gasteiger partial charge in [0.1, 0.15) is 11.5 Å². The van der Waals surface area contributed by atoms with Gasteiger partial charge in [0.15, 0.2) is 0 Å². The molecule has 0 aliphatic rings. The van der Waals surface area contributed by atoms with Crippen molar-refractivity contribution in [2.45, 2.75) is 20.0 Å². The van der Waals surface area contributed by atoms with Crippen LogP contribution in [0.2, 0.25) is 5.02 Å². The summed E-state index contributed by atoms with van der Waals surface area (Å²) in [6, 6.07) is 5.37. The molecule has 0 aliphatic carbocycles. The van der Waals surface area contributed by atoms with Crippen LogP contribution in [0.3, 0.4) is 0 Å². The van der Waals surface area contributed by atoms with Crippen LogP contribution in [0.25, 0.3) is 0 Å². The Hall–Kier alpha value is -0.890. The van der Waals surface area contributed by atoms with Crippen LogP contribution in [0, 0.1) is 0 Å². The van der Waals surface area contributed by atoms with Gasteiger partial charge in [0.25, 0.3) is 0 Å². The van der Waals surface area contributed by atoms with Gasteiger partial charge in [-0.25, -0.2) is 0 Å². The smallest absolute Gasteiger partial charge is 0.138 e. The molecular weight excluding hydrogens is 188 g/mol. The van der Waals surface area contributed by atoms with Crippen molar-refractivity contribution in [2.24, 2.45) is 0 Å². The molecule has 0 amide bonds. The predicted octanol–water partition coefficient (Wildman–Crippen LogP) is 3.14. The monoisotopic (exact) mass is 200 g/mol. The fourth-order valence-electron chi connectivity index (χ4n) is 0.958. The van der Waals surface area contributed by atoms with E-state index in [2.05, 4.69) is 0 Å². The van der Waals surface area contributed by atoms with E-state index >= 15 is 0 Å². The summed E-state index contributed by atoms with van der Waals surface area (Å²) in [5.41, 5.74) is 0. The van der Waals surface area contributed by atoms with E-state index in [9.17, 15) is 0 Å². The van der Waals surface area contributed by atoms with E-state index in [1.54, 1.807) is 19.2 Å². The Morgan fingerprint density at radius 2 is 2.00 bits per heavy atom. The highest BCUT2D eigenvalue weighted by Crippen LogP contribution is 2.29. The molecule has 0 aromatic heterocycles. The highest BCUT2D eigenvalue weighted by atomic mass is 35.5. The molecule has 0 spiro atoms. The number of benzene rings is 1. The van der Waals surface area contributed by atoms with E-state index in [-0.39, 0.29) is 6.10 Å². The third-order valence-corrected chi connectivity index (χ3v) is 1.80. The summed E-state index contributed by atoms with van der Waals surface area (Å²) in [6.07, 6.45) is 0.130. The maximum Gasteiger partial charge on any atom is 0.138 e. The molecule has 0 radical (unpaired) electrons. The van der Waals surface area contributed by atoms with E-state index in [0.717, 1.165) is 5.75 Å². The van der Waals surface area contributed by atoms with E-state index in [1.807, 2.05) is 19.9 Å². The zero-order valence-electron chi connectivity index (χ0n) is 8.00. The summed E-state index contributed by atoms with van der Waals surface area (Å²) in [5.74, 6) is 1.43. The van der Waals surface area contributed by atoms with Gasteiger partial charge in [-0.05, 0) is 26.0 Å². The summed E-state index contributed by atoms with van der Waals surface area (Å²) in [4.78, 5) is 0. The molecule has 0 fully saturated rings. The Morgan fingerprint density at radius 3 is 2.46 bits per heavy atom. The number of halogens is 1. The van der Waals surface area contributed by atoms with Crippen molar-refractivity contribution in [3.8, 4) is 11.5 Å². The number of ether oxygens (including phenoxy) is 2. The van der Waals surface area contributed by atoms with Crippen LogP contribution in [0.1, 0.15) is 13.8 Å². The van der Waals surface area contributed by atoms with Crippen LogP contribution in [-0.2, 0) is 0 Å². The average molecular weight is 201 g/mol. The molecule has 0 N–H and O–H groups in total. The summed E-state index contributed by atoms with van der Waals surface area (Å²) < 4.78 is 10.5. The van der Waals surface area contributed by atoms with Gasteiger partial charge in [0.2, 0.25) is 0 Å². The fraction of sp³-hybridized carbons (Fsp3) is 0.400. The molecule has 0 unspecified atom stereocenters. The highest BCUT2D eigenvalue weighted by molar-refractivity contribution is 6.32. The second-order valence-corrected chi connectivity index (χ2v) is 3.37. The molecule has 1 aromatic carbocycles. The molecule has 0 aliphatic heterocycles. The van der Waals surface area contributed by atoms with Crippen molar-refractivity contribution in [3.63, 3.8) is 0 Å². The second kappa shape index (κ2) is 4.38. The molecule has 0 atom stereocenters. The second-order valence-electron chi connectivity index (χ2n) is 2.96. The van der Waals surface area contributed by atoms with Gasteiger partial charge >= 0.3 is 0 Å². The number of methoxy groups -OCH3 is 1. The van der Waals surface area contributed by atoms with E-state index in [4.69, 9.17) is 21.1 Å². The number of hydrogen-bond acceptors (Lipinski definition) is 2. The SMILES string of the molecule is COc1ccc(OC(C)C)c(Cl)c1. The molecule has 0 heterocycles. The first kappa shape index (κ1) is 10.2. The van der Waals surface area contributed by atoms with Crippen LogP contribution in [0.4, 0.5) is 0 Å². The third kappa shape index (κ3) is 2.81. The predicted molar refractivity (Wildman–Crippen MR) is 53.8 cm³/mol. The zero-order chi connectivity index (χ0) is 9.84. The van der Waals surface area contributed by atoms with Gasteiger partial charge in [0, 0.05) is 6.07 Å². The lowest BCUT2D eigenvalue weighted by molar-refractivity contribution is 0.242. The van der Waals surface area contributed by atoms with Gasteiger partial charge in [-0.1, -0.05) is 11.6 Å². The van der Waals surface area contributed by atoms with Gasteiger partial charge in [0.05, 0.1) is 18.2 Å². The Kier molecular flexibility index (Phi) is 3.43. The molecule has 3 heteroatoms. The van der Waals surface area contributed by atoms with Crippen LogP contribution in [0.15, 0.2) is 18.2 Å². The molecule has 72 valence electrons. The van der Waals surface area contributed by atoms with Crippen molar-refractivity contribution in [3.05, 3.63) is 23.2 Å². The van der Waals surface area contributed by atoms with Crippen LogP contribution in [0.5, 0.6) is 11.5 Å². The van der Waals surface area contributed by atoms with Crippen LogP contribution < -0.4 is 9.47 Å². The summed E-state index contributed by atoms with van der Waals surface area (Å²) in [7, 11) is 1.61. The maximum atomic E-state index is 5.95. The first-order chi connectivity index (χ1) is 6.13. The first-order valence-corrected chi connectivity index (χ1v) is 4.51.